The van der Waals surface area contributed by atoms with Crippen molar-refractivity contribution in [3.8, 4) is 17.0 Å². The zero-order valence-corrected chi connectivity index (χ0v) is 17.7. The number of anilines is 1. The van der Waals surface area contributed by atoms with E-state index in [4.69, 9.17) is 16.3 Å². The van der Waals surface area contributed by atoms with Crippen LogP contribution in [0.1, 0.15) is 38.2 Å². The molecule has 0 fully saturated rings. The first kappa shape index (κ1) is 24.6. The van der Waals surface area contributed by atoms with Crippen LogP contribution < -0.4 is 10.1 Å². The lowest BCUT2D eigenvalue weighted by Crippen LogP contribution is -2.46. The summed E-state index contributed by atoms with van der Waals surface area (Å²) in [5.41, 5.74) is -2.71. The van der Waals surface area contributed by atoms with Crippen LogP contribution in [0.5, 0.6) is 5.75 Å². The number of aryl methyl sites for hydroxylation is 1. The van der Waals surface area contributed by atoms with Crippen molar-refractivity contribution in [2.75, 3.05) is 11.9 Å². The molecule has 2 aromatic heterocycles. The first-order valence-corrected chi connectivity index (χ1v) is 9.43. The second kappa shape index (κ2) is 9.25. The normalized spacial score (nSPS) is 12.2. The maximum absolute atomic E-state index is 13.2. The van der Waals surface area contributed by atoms with E-state index in [0.29, 0.717) is 0 Å². The van der Waals surface area contributed by atoms with E-state index < -0.39 is 30.0 Å². The number of hydrogen-bond acceptors (Lipinski definition) is 6. The Hall–Kier alpha value is -2.63. The van der Waals surface area contributed by atoms with E-state index in [-0.39, 0.29) is 40.9 Å². The molecule has 0 saturated carbocycles. The highest BCUT2D eigenvalue weighted by molar-refractivity contribution is 6.36. The van der Waals surface area contributed by atoms with Gasteiger partial charge >= 0.3 is 18.8 Å². The summed E-state index contributed by atoms with van der Waals surface area (Å²) in [6.45, 7) is 1.92. The topological polar surface area (TPSA) is 78.3 Å². The highest BCUT2D eigenvalue weighted by atomic mass is 35.5. The van der Waals surface area contributed by atoms with Crippen LogP contribution in [0.2, 0.25) is 5.02 Å². The highest BCUT2D eigenvalue weighted by Crippen LogP contribution is 2.39. The molecular formula is C18H20ClF5N4O3. The number of carbonyl (C=O) groups is 1. The Bertz CT molecular complexity index is 947. The van der Waals surface area contributed by atoms with Crippen molar-refractivity contribution in [1.82, 2.24) is 14.8 Å². The molecule has 31 heavy (non-hydrogen) atoms. The lowest BCUT2D eigenvalue weighted by molar-refractivity contribution is -0.168. The third-order valence-corrected chi connectivity index (χ3v) is 4.51. The Morgan fingerprint density at radius 3 is 2.45 bits per heavy atom. The molecule has 0 spiro atoms. The summed E-state index contributed by atoms with van der Waals surface area (Å²) in [6.07, 6.45) is -3.63. The van der Waals surface area contributed by atoms with E-state index in [1.165, 1.54) is 4.68 Å². The fourth-order valence-electron chi connectivity index (χ4n) is 2.52. The second-order valence-electron chi connectivity index (χ2n) is 6.74. The van der Waals surface area contributed by atoms with E-state index in [1.54, 1.807) is 13.8 Å². The fraction of sp³-hybridized carbons (Fsp3) is 0.500. The molecule has 2 heterocycles. The molecule has 0 unspecified atom stereocenters. The molecule has 0 radical (unpaired) electrons. The maximum Gasteiger partial charge on any atom is 0.410 e. The molecule has 13 heteroatoms. The molecule has 2 aromatic rings. The van der Waals surface area contributed by atoms with Crippen LogP contribution in [0, 0.1) is 0 Å². The van der Waals surface area contributed by atoms with Crippen molar-refractivity contribution in [1.29, 1.82) is 0 Å². The molecular weight excluding hydrogens is 451 g/mol. The summed E-state index contributed by atoms with van der Waals surface area (Å²) in [7, 11) is 0. The standard InChI is InChI=1S/C18H20ClF5N4O3/c1-5-28-14(12(19)13(27-28)15(29)30-6-2)9-8-25-11(7-10(9)31-16(20)21)26-17(3,4)18(22,23)24/h7-8,16H,5-6H2,1-4H3,(H,25,26). The Morgan fingerprint density at radius 2 is 1.94 bits per heavy atom. The molecule has 0 aliphatic carbocycles. The van der Waals surface area contributed by atoms with E-state index in [0.717, 1.165) is 26.1 Å². The first-order chi connectivity index (χ1) is 14.3. The number of pyridine rings is 1. The summed E-state index contributed by atoms with van der Waals surface area (Å²) in [5.74, 6) is -1.68. The van der Waals surface area contributed by atoms with Crippen LogP contribution in [-0.4, -0.2) is 45.7 Å². The van der Waals surface area contributed by atoms with Gasteiger partial charge in [0.25, 0.3) is 0 Å². The first-order valence-electron chi connectivity index (χ1n) is 9.05. The van der Waals surface area contributed by atoms with Gasteiger partial charge in [-0.1, -0.05) is 11.6 Å². The molecule has 172 valence electrons. The SMILES string of the molecule is CCOC(=O)c1nn(CC)c(-c2cnc(NC(C)(C)C(F)(F)F)cc2OC(F)F)c1Cl. The van der Waals surface area contributed by atoms with Crippen molar-refractivity contribution in [3.05, 3.63) is 23.0 Å². The minimum absolute atomic E-state index is 0.0250. The number of alkyl halides is 5. The predicted octanol–water partition coefficient (Wildman–Crippen LogP) is 5.15. The minimum atomic E-state index is -4.64. The van der Waals surface area contributed by atoms with Crippen LogP contribution in [0.25, 0.3) is 11.3 Å². The van der Waals surface area contributed by atoms with Crippen molar-refractivity contribution in [3.63, 3.8) is 0 Å². The van der Waals surface area contributed by atoms with Gasteiger partial charge in [0.1, 0.15) is 22.1 Å². The highest BCUT2D eigenvalue weighted by Gasteiger charge is 2.47. The van der Waals surface area contributed by atoms with Gasteiger partial charge in [0.15, 0.2) is 5.69 Å². The van der Waals surface area contributed by atoms with Crippen LogP contribution in [0.3, 0.4) is 0 Å². The third-order valence-electron chi connectivity index (χ3n) is 4.15. The molecule has 0 aliphatic heterocycles. The predicted molar refractivity (Wildman–Crippen MR) is 102 cm³/mol. The minimum Gasteiger partial charge on any atom is -0.461 e. The summed E-state index contributed by atoms with van der Waals surface area (Å²) < 4.78 is 76.1. The lowest BCUT2D eigenvalue weighted by Gasteiger charge is -2.29. The number of esters is 1. The van der Waals surface area contributed by atoms with Crippen molar-refractivity contribution >= 4 is 23.4 Å². The average molecular weight is 471 g/mol. The summed E-state index contributed by atoms with van der Waals surface area (Å²) in [6, 6.07) is 0.891. The van der Waals surface area contributed by atoms with Gasteiger partial charge in [0.2, 0.25) is 0 Å². The Morgan fingerprint density at radius 1 is 1.29 bits per heavy atom. The van der Waals surface area contributed by atoms with Crippen LogP contribution >= 0.6 is 11.6 Å². The number of hydrogen-bond donors (Lipinski definition) is 1. The van der Waals surface area contributed by atoms with Crippen LogP contribution in [0.4, 0.5) is 27.8 Å². The van der Waals surface area contributed by atoms with E-state index in [1.807, 2.05) is 0 Å². The summed E-state index contributed by atoms with van der Waals surface area (Å²) in [5, 5.41) is 5.98. The van der Waals surface area contributed by atoms with E-state index >= 15 is 0 Å². The summed E-state index contributed by atoms with van der Waals surface area (Å²) >= 11 is 6.27. The van der Waals surface area contributed by atoms with E-state index in [9.17, 15) is 26.7 Å². The molecule has 1 N–H and O–H groups in total. The molecule has 0 saturated heterocycles. The van der Waals surface area contributed by atoms with Gasteiger partial charge in [-0.15, -0.1) is 0 Å². The number of aromatic nitrogens is 3. The van der Waals surface area contributed by atoms with E-state index in [2.05, 4.69) is 20.1 Å². The molecule has 2 rings (SSSR count). The van der Waals surface area contributed by atoms with Crippen LogP contribution in [-0.2, 0) is 11.3 Å². The van der Waals surface area contributed by atoms with Crippen molar-refractivity contribution in [2.45, 2.75) is 52.6 Å². The monoisotopic (exact) mass is 470 g/mol. The Kier molecular flexibility index (Phi) is 7.35. The van der Waals surface area contributed by atoms with Gasteiger partial charge in [0, 0.05) is 18.8 Å². The van der Waals surface area contributed by atoms with Crippen LogP contribution in [0.15, 0.2) is 12.3 Å². The maximum atomic E-state index is 13.2. The number of halogens is 6. The third kappa shape index (κ3) is 5.35. The molecule has 0 bridgehead atoms. The number of nitrogens with zero attached hydrogens (tertiary/aromatic N) is 3. The van der Waals surface area contributed by atoms with Gasteiger partial charge in [0.05, 0.1) is 17.9 Å². The Labute approximate surface area is 179 Å². The largest absolute Gasteiger partial charge is 0.461 e. The average Bonchev–Trinajstić information content (AvgIpc) is 2.97. The number of ether oxygens (including phenoxy) is 2. The molecule has 0 atom stereocenters. The number of rotatable bonds is 8. The van der Waals surface area contributed by atoms with Gasteiger partial charge in [-0.05, 0) is 27.7 Å². The van der Waals surface area contributed by atoms with Gasteiger partial charge < -0.3 is 14.8 Å². The lowest BCUT2D eigenvalue weighted by atomic mass is 10.1. The van der Waals surface area contributed by atoms with Gasteiger partial charge in [-0.2, -0.15) is 27.1 Å². The Balaban J connectivity index is 2.60. The molecule has 0 amide bonds. The second-order valence-corrected chi connectivity index (χ2v) is 7.12. The van der Waals surface area contributed by atoms with Crippen molar-refractivity contribution in [2.24, 2.45) is 0 Å². The molecule has 0 aliphatic rings. The zero-order chi connectivity index (χ0) is 23.6. The summed E-state index contributed by atoms with van der Waals surface area (Å²) in [4.78, 5) is 16.0. The fourth-order valence-corrected chi connectivity index (χ4v) is 2.84. The molecule has 7 nitrogen and oxygen atoms in total. The smallest absolute Gasteiger partial charge is 0.410 e. The van der Waals surface area contributed by atoms with Crippen molar-refractivity contribution < 1.29 is 36.2 Å². The van der Waals surface area contributed by atoms with Gasteiger partial charge in [-0.25, -0.2) is 9.78 Å². The quantitative estimate of drug-likeness (QED) is 0.424. The van der Waals surface area contributed by atoms with Gasteiger partial charge in [-0.3, -0.25) is 4.68 Å². The number of nitrogens with one attached hydrogen (secondary N) is 1. The zero-order valence-electron chi connectivity index (χ0n) is 17.0. The number of carbonyl (C=O) groups excluding carboxylic acids is 1. The molecule has 0 aromatic carbocycles.